The van der Waals surface area contributed by atoms with Crippen molar-refractivity contribution in [3.05, 3.63) is 35.9 Å². The summed E-state index contributed by atoms with van der Waals surface area (Å²) >= 11 is 0. The average molecular weight is 247 g/mol. The number of aliphatic hydroxyl groups is 1. The van der Waals surface area contributed by atoms with E-state index in [4.69, 9.17) is 0 Å². The van der Waals surface area contributed by atoms with Gasteiger partial charge in [-0.25, -0.2) is 0 Å². The molecule has 1 saturated carbocycles. The first-order valence-corrected chi connectivity index (χ1v) is 7.18. The minimum Gasteiger partial charge on any atom is -0.395 e. The summed E-state index contributed by atoms with van der Waals surface area (Å²) in [7, 11) is 0. The van der Waals surface area contributed by atoms with Crippen LogP contribution in [0.15, 0.2) is 30.3 Å². The number of aliphatic hydroxyl groups excluding tert-OH is 1. The van der Waals surface area contributed by atoms with E-state index < -0.39 is 0 Å². The van der Waals surface area contributed by atoms with Crippen LogP contribution in [0.5, 0.6) is 0 Å². The van der Waals surface area contributed by atoms with Crippen LogP contribution in [0.1, 0.15) is 38.2 Å². The molecule has 0 heterocycles. The molecule has 2 unspecified atom stereocenters. The van der Waals surface area contributed by atoms with Gasteiger partial charge in [-0.15, -0.1) is 0 Å². The molecule has 1 aromatic carbocycles. The van der Waals surface area contributed by atoms with Gasteiger partial charge < -0.3 is 10.4 Å². The highest BCUT2D eigenvalue weighted by Crippen LogP contribution is 2.24. The van der Waals surface area contributed by atoms with Crippen molar-refractivity contribution in [2.24, 2.45) is 5.92 Å². The summed E-state index contributed by atoms with van der Waals surface area (Å²) in [6.45, 7) is 2.55. The quantitative estimate of drug-likeness (QED) is 0.838. The lowest BCUT2D eigenvalue weighted by atomic mass is 9.86. The zero-order valence-electron chi connectivity index (χ0n) is 11.3. The summed E-state index contributed by atoms with van der Waals surface area (Å²) in [5.41, 5.74) is 1.30. The molecule has 2 rings (SSSR count). The van der Waals surface area contributed by atoms with E-state index in [1.54, 1.807) is 0 Å². The topological polar surface area (TPSA) is 32.3 Å². The maximum Gasteiger partial charge on any atom is 0.0587 e. The van der Waals surface area contributed by atoms with Gasteiger partial charge in [-0.1, -0.05) is 50.1 Å². The molecule has 0 aromatic heterocycles. The smallest absolute Gasteiger partial charge is 0.0587 e. The van der Waals surface area contributed by atoms with E-state index in [2.05, 4.69) is 36.5 Å². The molecule has 0 spiro atoms. The highest BCUT2D eigenvalue weighted by molar-refractivity contribution is 5.16. The van der Waals surface area contributed by atoms with Crippen LogP contribution in [0.25, 0.3) is 0 Å². The first-order valence-electron chi connectivity index (χ1n) is 7.18. The van der Waals surface area contributed by atoms with Gasteiger partial charge in [0.2, 0.25) is 0 Å². The van der Waals surface area contributed by atoms with E-state index in [-0.39, 0.29) is 12.6 Å². The van der Waals surface area contributed by atoms with Gasteiger partial charge in [0.15, 0.2) is 0 Å². The molecular formula is C16H25NO. The molecule has 100 valence electrons. The molecule has 18 heavy (non-hydrogen) atoms. The summed E-state index contributed by atoms with van der Waals surface area (Å²) in [6, 6.07) is 11.2. The first kappa shape index (κ1) is 13.6. The second-order valence-electron chi connectivity index (χ2n) is 5.70. The zero-order valence-corrected chi connectivity index (χ0v) is 11.3. The lowest BCUT2D eigenvalue weighted by Crippen LogP contribution is -2.43. The molecule has 2 nitrogen and oxygen atoms in total. The van der Waals surface area contributed by atoms with E-state index in [0.29, 0.717) is 6.04 Å². The lowest BCUT2D eigenvalue weighted by Gasteiger charge is -2.31. The molecule has 1 aliphatic rings. The number of hydrogen-bond donors (Lipinski definition) is 2. The van der Waals surface area contributed by atoms with Gasteiger partial charge in [0.05, 0.1) is 6.61 Å². The Morgan fingerprint density at radius 3 is 2.72 bits per heavy atom. The van der Waals surface area contributed by atoms with Crippen molar-refractivity contribution < 1.29 is 5.11 Å². The van der Waals surface area contributed by atoms with Gasteiger partial charge in [-0.05, 0) is 30.7 Å². The Labute approximate surface area is 110 Å². The highest BCUT2D eigenvalue weighted by Gasteiger charge is 2.21. The summed E-state index contributed by atoms with van der Waals surface area (Å²) in [5, 5.41) is 13.2. The van der Waals surface area contributed by atoms with Gasteiger partial charge in [0.1, 0.15) is 0 Å². The van der Waals surface area contributed by atoms with E-state index in [0.717, 1.165) is 12.3 Å². The zero-order chi connectivity index (χ0) is 12.8. The van der Waals surface area contributed by atoms with Gasteiger partial charge >= 0.3 is 0 Å². The van der Waals surface area contributed by atoms with Crippen molar-refractivity contribution in [1.82, 2.24) is 5.32 Å². The Bertz CT molecular complexity index is 338. The average Bonchev–Trinajstić information content (AvgIpc) is 2.39. The van der Waals surface area contributed by atoms with Crippen LogP contribution in [0, 0.1) is 5.92 Å². The van der Waals surface area contributed by atoms with E-state index in [1.165, 1.54) is 31.2 Å². The van der Waals surface area contributed by atoms with Crippen molar-refractivity contribution in [1.29, 1.82) is 0 Å². The van der Waals surface area contributed by atoms with Crippen molar-refractivity contribution in [3.8, 4) is 0 Å². The minimum absolute atomic E-state index is 0.197. The molecule has 1 fully saturated rings. The molecule has 1 aromatic rings. The highest BCUT2D eigenvalue weighted by atomic mass is 16.3. The Morgan fingerprint density at radius 2 is 2.06 bits per heavy atom. The second-order valence-corrected chi connectivity index (χ2v) is 5.70. The van der Waals surface area contributed by atoms with Crippen LogP contribution < -0.4 is 5.32 Å². The summed E-state index contributed by atoms with van der Waals surface area (Å²) in [5.74, 6) is 0.826. The molecule has 0 radical (unpaired) electrons. The third kappa shape index (κ3) is 4.11. The fraction of sp³-hybridized carbons (Fsp3) is 0.625. The molecule has 3 atom stereocenters. The molecular weight excluding hydrogens is 222 g/mol. The summed E-state index contributed by atoms with van der Waals surface area (Å²) in [4.78, 5) is 0. The molecule has 1 aliphatic carbocycles. The Balaban J connectivity index is 1.85. The number of nitrogens with one attached hydrogen (secondary N) is 1. The molecule has 0 saturated heterocycles. The van der Waals surface area contributed by atoms with Gasteiger partial charge in [0, 0.05) is 12.1 Å². The second kappa shape index (κ2) is 6.91. The Hall–Kier alpha value is -0.860. The molecule has 0 bridgehead atoms. The molecule has 2 N–H and O–H groups in total. The molecule has 0 amide bonds. The van der Waals surface area contributed by atoms with Crippen molar-refractivity contribution in [2.75, 3.05) is 6.61 Å². The van der Waals surface area contributed by atoms with E-state index >= 15 is 0 Å². The van der Waals surface area contributed by atoms with Crippen LogP contribution in [0.4, 0.5) is 0 Å². The summed E-state index contributed by atoms with van der Waals surface area (Å²) in [6.07, 6.45) is 6.12. The predicted molar refractivity (Wildman–Crippen MR) is 75.6 cm³/mol. The lowest BCUT2D eigenvalue weighted by molar-refractivity contribution is 0.206. The third-order valence-corrected chi connectivity index (χ3v) is 3.95. The van der Waals surface area contributed by atoms with Gasteiger partial charge in [0.25, 0.3) is 0 Å². The fourth-order valence-electron chi connectivity index (χ4n) is 2.99. The predicted octanol–water partition coefficient (Wildman–Crippen LogP) is 2.76. The SMILES string of the molecule is CC1CCCC(N[C@@H](CO)Cc2ccccc2)C1. The Kier molecular flexibility index (Phi) is 5.21. The van der Waals surface area contributed by atoms with Crippen LogP contribution >= 0.6 is 0 Å². The largest absolute Gasteiger partial charge is 0.395 e. The number of hydrogen-bond acceptors (Lipinski definition) is 2. The maximum atomic E-state index is 9.52. The van der Waals surface area contributed by atoms with Crippen molar-refractivity contribution in [2.45, 2.75) is 51.1 Å². The monoisotopic (exact) mass is 247 g/mol. The van der Waals surface area contributed by atoms with E-state index in [1.807, 2.05) is 6.07 Å². The van der Waals surface area contributed by atoms with Crippen LogP contribution in [-0.4, -0.2) is 23.8 Å². The van der Waals surface area contributed by atoms with Crippen LogP contribution in [-0.2, 0) is 6.42 Å². The van der Waals surface area contributed by atoms with Gasteiger partial charge in [-0.2, -0.15) is 0 Å². The minimum atomic E-state index is 0.197. The summed E-state index contributed by atoms with van der Waals surface area (Å²) < 4.78 is 0. The molecule has 2 heteroatoms. The Morgan fingerprint density at radius 1 is 1.28 bits per heavy atom. The number of rotatable bonds is 5. The maximum absolute atomic E-state index is 9.52. The standard InChI is InChI=1S/C16H25NO/c1-13-6-5-9-15(10-13)17-16(12-18)11-14-7-3-2-4-8-14/h2-4,7-8,13,15-18H,5-6,9-12H2,1H3/t13?,15?,16-/m1/s1. The first-order chi connectivity index (χ1) is 8.78. The number of benzene rings is 1. The fourth-order valence-corrected chi connectivity index (χ4v) is 2.99. The van der Waals surface area contributed by atoms with Gasteiger partial charge in [-0.3, -0.25) is 0 Å². The van der Waals surface area contributed by atoms with E-state index in [9.17, 15) is 5.11 Å². The van der Waals surface area contributed by atoms with Crippen LogP contribution in [0.2, 0.25) is 0 Å². The normalized spacial score (nSPS) is 25.9. The van der Waals surface area contributed by atoms with Crippen molar-refractivity contribution >= 4 is 0 Å². The van der Waals surface area contributed by atoms with Crippen molar-refractivity contribution in [3.63, 3.8) is 0 Å². The third-order valence-electron chi connectivity index (χ3n) is 3.95. The van der Waals surface area contributed by atoms with Crippen LogP contribution in [0.3, 0.4) is 0 Å². The molecule has 0 aliphatic heterocycles.